The minimum absolute atomic E-state index is 0.0190. The van der Waals surface area contributed by atoms with E-state index in [9.17, 15) is 0 Å². The topological polar surface area (TPSA) is 0 Å². The van der Waals surface area contributed by atoms with E-state index in [1.165, 1.54) is 18.2 Å². The molecule has 0 heteroatoms. The Morgan fingerprint density at radius 3 is 3.06 bits per heavy atom. The van der Waals surface area contributed by atoms with Crippen LogP contribution in [0.2, 0.25) is 0 Å². The third-order valence-electron chi connectivity index (χ3n) is 3.09. The van der Waals surface area contributed by atoms with Gasteiger partial charge in [0.1, 0.15) is 0 Å². The van der Waals surface area contributed by atoms with Gasteiger partial charge in [0.2, 0.25) is 0 Å². The van der Waals surface area contributed by atoms with Crippen LogP contribution in [-0.2, 0) is 6.37 Å². The van der Waals surface area contributed by atoms with Crippen molar-refractivity contribution < 1.29 is 16.4 Å². The molecule has 17 heavy (non-hydrogen) atoms. The normalized spacial score (nSPS) is 63.8. The minimum atomic E-state index is -3.51. The number of benzene rings is 1. The molecule has 86 valence electrons. The number of allylic oxidation sites excluding steroid dienone is 3. The monoisotopic (exact) mass is 234 g/mol. The van der Waals surface area contributed by atoms with Crippen molar-refractivity contribution in [1.82, 2.24) is 0 Å². The number of hydrogen-bond acceptors (Lipinski definition) is 0. The molecule has 0 bridgehead atoms. The van der Waals surface area contributed by atoms with Gasteiger partial charge in [-0.2, -0.15) is 0 Å². The van der Waals surface area contributed by atoms with Crippen LogP contribution < -0.4 is 0 Å². The molecule has 0 heterocycles. The highest BCUT2D eigenvalue weighted by atomic mass is 14.4. The Morgan fingerprint density at radius 1 is 1.12 bits per heavy atom. The van der Waals surface area contributed by atoms with Gasteiger partial charge >= 0.3 is 0 Å². The van der Waals surface area contributed by atoms with Crippen molar-refractivity contribution in [2.75, 3.05) is 0 Å². The molecule has 0 spiro atoms. The second-order valence-corrected chi connectivity index (χ2v) is 4.12. The van der Waals surface area contributed by atoms with Gasteiger partial charge in [-0.1, -0.05) is 48.4 Å². The fourth-order valence-corrected chi connectivity index (χ4v) is 2.29. The average molecular weight is 234 g/mol. The van der Waals surface area contributed by atoms with Crippen molar-refractivity contribution in [3.8, 4) is 0 Å². The first-order valence-electron chi connectivity index (χ1n) is 11.5. The fraction of sp³-hybridized carbons (Fsp3) is 0.412. The van der Waals surface area contributed by atoms with E-state index in [1.807, 2.05) is 0 Å². The molecule has 4 rings (SSSR count). The molecule has 0 N–H and O–H groups in total. The highest BCUT2D eigenvalue weighted by Gasteiger charge is 2.36. The smallest absolute Gasteiger partial charge is 0.0362 e. The van der Waals surface area contributed by atoms with Gasteiger partial charge in [0.15, 0.2) is 0 Å². The fourth-order valence-electron chi connectivity index (χ4n) is 2.29. The summed E-state index contributed by atoms with van der Waals surface area (Å²) >= 11 is 0. The molecular formula is C17H18. The minimum Gasteiger partial charge on any atom is -0.0662 e. The Morgan fingerprint density at radius 2 is 2.06 bits per heavy atom. The predicted octanol–water partition coefficient (Wildman–Crippen LogP) is 4.37. The largest absolute Gasteiger partial charge is 0.0662 e. The molecule has 0 radical (unpaired) electrons. The lowest BCUT2D eigenvalue weighted by molar-refractivity contribution is 0.372. The first kappa shape index (κ1) is 3.60. The molecule has 3 aliphatic rings. The van der Waals surface area contributed by atoms with E-state index in [0.29, 0.717) is 5.56 Å². The van der Waals surface area contributed by atoms with Crippen molar-refractivity contribution in [2.45, 2.75) is 31.9 Å². The summed E-state index contributed by atoms with van der Waals surface area (Å²) in [4.78, 5) is 0. The Hall–Kier alpha value is -1.30. The van der Waals surface area contributed by atoms with E-state index in [0.717, 1.165) is 6.08 Å². The van der Waals surface area contributed by atoms with E-state index >= 15 is 0 Å². The van der Waals surface area contributed by atoms with Crippen LogP contribution in [-0.4, -0.2) is 0 Å². The molecule has 0 amide bonds. The lowest BCUT2D eigenvalue weighted by Crippen LogP contribution is -2.20. The van der Waals surface area contributed by atoms with Crippen molar-refractivity contribution in [2.24, 2.45) is 11.8 Å². The van der Waals surface area contributed by atoms with E-state index in [2.05, 4.69) is 0 Å². The molecular weight excluding hydrogens is 204 g/mol. The Bertz CT molecular complexity index is 988. The van der Waals surface area contributed by atoms with Gasteiger partial charge in [-0.05, 0) is 54.0 Å². The molecule has 1 saturated carbocycles. The third kappa shape index (κ3) is 1.43. The quantitative estimate of drug-likeness (QED) is 0.625. The third-order valence-corrected chi connectivity index (χ3v) is 3.09. The zero-order chi connectivity index (χ0) is 22.1. The standard InChI is InChI=1S/C17H18/c1-2-6-13-11-17-15(9-12(13)5-1)10-14-7-3-4-8-16(14)17/h1-2,5-6,9-10,16-17H,3-4,7-8,11H2/i3D2,4D2,7D2,8D2,11D2,16D,17D. The van der Waals surface area contributed by atoms with Gasteiger partial charge in [-0.15, -0.1) is 0 Å². The zero-order valence-corrected chi connectivity index (χ0v) is 8.96. The Kier molecular flexibility index (Phi) is 0.761. The molecule has 3 aliphatic carbocycles. The first-order chi connectivity index (χ1) is 12.9. The van der Waals surface area contributed by atoms with Gasteiger partial charge < -0.3 is 0 Å². The van der Waals surface area contributed by atoms with Gasteiger partial charge in [-0.3, -0.25) is 0 Å². The van der Waals surface area contributed by atoms with Crippen LogP contribution in [0.3, 0.4) is 0 Å². The van der Waals surface area contributed by atoms with Crippen molar-refractivity contribution in [1.29, 1.82) is 0 Å². The van der Waals surface area contributed by atoms with Gasteiger partial charge in [0, 0.05) is 16.4 Å². The van der Waals surface area contributed by atoms with Crippen LogP contribution in [0, 0.1) is 11.8 Å². The van der Waals surface area contributed by atoms with Crippen LogP contribution in [0.5, 0.6) is 0 Å². The maximum atomic E-state index is 9.05. The van der Waals surface area contributed by atoms with Crippen molar-refractivity contribution >= 4 is 6.08 Å². The molecule has 0 nitrogen and oxygen atoms in total. The van der Waals surface area contributed by atoms with Crippen LogP contribution in [0.15, 0.2) is 41.5 Å². The lowest BCUT2D eigenvalue weighted by atomic mass is 9.75. The number of fused-ring (bicyclic) bond motifs is 4. The predicted molar refractivity (Wildman–Crippen MR) is 71.7 cm³/mol. The van der Waals surface area contributed by atoms with E-state index in [-0.39, 0.29) is 11.1 Å². The Balaban J connectivity index is 2.15. The van der Waals surface area contributed by atoms with Gasteiger partial charge in [0.25, 0.3) is 0 Å². The Labute approximate surface area is 120 Å². The van der Waals surface area contributed by atoms with Crippen LogP contribution in [0.1, 0.15) is 53.1 Å². The number of hydrogen-bond donors (Lipinski definition) is 0. The highest BCUT2D eigenvalue weighted by Crippen LogP contribution is 2.48. The second kappa shape index (κ2) is 3.60. The van der Waals surface area contributed by atoms with E-state index in [1.54, 1.807) is 12.1 Å². The molecule has 0 aliphatic heterocycles. The number of rotatable bonds is 0. The summed E-state index contributed by atoms with van der Waals surface area (Å²) in [7, 11) is 0. The highest BCUT2D eigenvalue weighted by molar-refractivity contribution is 5.65. The molecule has 0 saturated heterocycles. The summed E-state index contributed by atoms with van der Waals surface area (Å²) in [5, 5.41) is 0. The molecule has 1 fully saturated rings. The summed E-state index contributed by atoms with van der Waals surface area (Å²) in [6.07, 6.45) is -13.7. The van der Waals surface area contributed by atoms with Crippen LogP contribution >= 0.6 is 0 Å². The summed E-state index contributed by atoms with van der Waals surface area (Å²) in [5.41, 5.74) is -0.521. The average Bonchev–Trinajstić information content (AvgIpc) is 2.85. The van der Waals surface area contributed by atoms with Crippen LogP contribution in [0.25, 0.3) is 6.08 Å². The lowest BCUT2D eigenvalue weighted by Gasteiger charge is -2.29. The van der Waals surface area contributed by atoms with Crippen molar-refractivity contribution in [3.63, 3.8) is 0 Å². The van der Waals surface area contributed by atoms with E-state index in [4.69, 9.17) is 16.4 Å². The van der Waals surface area contributed by atoms with Gasteiger partial charge in [-0.25, -0.2) is 0 Å². The molecule has 2 atom stereocenters. The molecule has 0 aromatic heterocycles. The molecule has 1 aromatic carbocycles. The molecule has 2 unspecified atom stereocenters. The van der Waals surface area contributed by atoms with Gasteiger partial charge in [0.05, 0.1) is 0 Å². The first-order valence-corrected chi connectivity index (χ1v) is 5.48. The summed E-state index contributed by atoms with van der Waals surface area (Å²) < 4.78 is 101. The summed E-state index contributed by atoms with van der Waals surface area (Å²) in [6, 6.07) is 6.16. The molecule has 1 aromatic rings. The SMILES string of the molecule is [2H]C1([2H])C2=CC3=Cc4ccccc4C([2H])([2H])C3([2H])C2([2H])C([2H])([2H])C([2H])([2H])C1([2H])[2H]. The van der Waals surface area contributed by atoms with E-state index < -0.39 is 49.2 Å². The van der Waals surface area contributed by atoms with Crippen molar-refractivity contribution in [3.05, 3.63) is 52.6 Å². The maximum absolute atomic E-state index is 9.05. The summed E-state index contributed by atoms with van der Waals surface area (Å²) in [6.45, 7) is 0. The maximum Gasteiger partial charge on any atom is 0.0362 e. The second-order valence-electron chi connectivity index (χ2n) is 4.12. The summed E-state index contributed by atoms with van der Waals surface area (Å²) in [5.74, 6) is -5.79. The van der Waals surface area contributed by atoms with Crippen LogP contribution in [0.4, 0.5) is 0 Å². The zero-order valence-electron chi connectivity index (χ0n) is 21.0.